The maximum atomic E-state index is 5.56. The van der Waals surface area contributed by atoms with Gasteiger partial charge in [0.25, 0.3) is 0 Å². The Morgan fingerprint density at radius 1 is 1.23 bits per heavy atom. The minimum Gasteiger partial charge on any atom is -0.380 e. The number of anilines is 3. The quantitative estimate of drug-likeness (QED) is 0.533. The summed E-state index contributed by atoms with van der Waals surface area (Å²) in [5, 5.41) is 11.7. The van der Waals surface area contributed by atoms with Crippen molar-refractivity contribution in [3.63, 3.8) is 0 Å². The first-order chi connectivity index (χ1) is 15.1. The van der Waals surface area contributed by atoms with Crippen LogP contribution in [0, 0.1) is 13.8 Å². The van der Waals surface area contributed by atoms with E-state index in [4.69, 9.17) is 19.8 Å². The highest BCUT2D eigenvalue weighted by atomic mass is 16.5. The summed E-state index contributed by atoms with van der Waals surface area (Å²) < 4.78 is 7.50. The molecular weight excluding hydrogens is 392 g/mol. The van der Waals surface area contributed by atoms with Gasteiger partial charge in [0, 0.05) is 38.5 Å². The fraction of sp³-hybridized carbons (Fsp3) is 0.545. The van der Waals surface area contributed by atoms with Gasteiger partial charge in [0.1, 0.15) is 16.9 Å². The minimum absolute atomic E-state index is 0.443. The van der Waals surface area contributed by atoms with E-state index in [-0.39, 0.29) is 0 Å². The molecule has 1 atom stereocenters. The molecule has 2 N–H and O–H groups in total. The molecule has 0 amide bonds. The van der Waals surface area contributed by atoms with Crippen LogP contribution in [0.3, 0.4) is 0 Å². The van der Waals surface area contributed by atoms with Crippen LogP contribution in [-0.2, 0) is 11.3 Å². The van der Waals surface area contributed by atoms with Crippen molar-refractivity contribution in [2.75, 3.05) is 43.1 Å². The monoisotopic (exact) mass is 424 g/mol. The van der Waals surface area contributed by atoms with Crippen molar-refractivity contribution < 1.29 is 4.74 Å². The number of aryl methyl sites for hydroxylation is 2. The van der Waals surface area contributed by atoms with Crippen LogP contribution in [0.4, 0.5) is 17.6 Å². The van der Waals surface area contributed by atoms with Crippen LogP contribution >= 0.6 is 0 Å². The second-order valence-electron chi connectivity index (χ2n) is 7.93. The average molecular weight is 425 g/mol. The van der Waals surface area contributed by atoms with Crippen molar-refractivity contribution in [1.82, 2.24) is 30.0 Å². The van der Waals surface area contributed by atoms with Crippen molar-refractivity contribution in [2.24, 2.45) is 0 Å². The molecule has 166 valence electrons. The third-order valence-electron chi connectivity index (χ3n) is 5.58. The lowest BCUT2D eigenvalue weighted by Crippen LogP contribution is -2.51. The Morgan fingerprint density at radius 2 is 2.10 bits per heavy atom. The van der Waals surface area contributed by atoms with Crippen LogP contribution in [0.2, 0.25) is 0 Å². The molecule has 3 aromatic rings. The normalized spacial score (nSPS) is 16.8. The second kappa shape index (κ2) is 9.57. The lowest BCUT2D eigenvalue weighted by molar-refractivity contribution is 0.137. The van der Waals surface area contributed by atoms with Gasteiger partial charge >= 0.3 is 0 Å². The summed E-state index contributed by atoms with van der Waals surface area (Å²) in [5.41, 5.74) is 3.74. The molecule has 1 aliphatic heterocycles. The van der Waals surface area contributed by atoms with Crippen molar-refractivity contribution in [2.45, 2.75) is 46.7 Å². The zero-order valence-electron chi connectivity index (χ0n) is 18.9. The standard InChI is InChI=1S/C22H32N8O/c1-5-17-14-29(10-9-23-17)22-26-19-16(4)28-30(11-12-31-6-2)20(19)21(27-22)25-18-8-7-15(3)13-24-18/h7-8,13,17,23H,5-6,9-12,14H2,1-4H3,(H,24,25,26,27)/t17-/m1/s1. The van der Waals surface area contributed by atoms with Crippen LogP contribution in [0.25, 0.3) is 11.0 Å². The number of rotatable bonds is 8. The summed E-state index contributed by atoms with van der Waals surface area (Å²) in [7, 11) is 0. The van der Waals surface area contributed by atoms with Crippen LogP contribution < -0.4 is 15.5 Å². The third-order valence-corrected chi connectivity index (χ3v) is 5.58. The minimum atomic E-state index is 0.443. The first-order valence-electron chi connectivity index (χ1n) is 11.1. The van der Waals surface area contributed by atoms with E-state index < -0.39 is 0 Å². The van der Waals surface area contributed by atoms with Gasteiger partial charge in [0.15, 0.2) is 5.82 Å². The largest absolute Gasteiger partial charge is 0.380 e. The van der Waals surface area contributed by atoms with E-state index in [9.17, 15) is 0 Å². The molecule has 0 saturated carbocycles. The van der Waals surface area contributed by atoms with Crippen LogP contribution in [0.1, 0.15) is 31.5 Å². The van der Waals surface area contributed by atoms with Crippen molar-refractivity contribution in [3.8, 4) is 0 Å². The highest BCUT2D eigenvalue weighted by Crippen LogP contribution is 2.28. The number of fused-ring (bicyclic) bond motifs is 1. The number of piperazine rings is 1. The van der Waals surface area contributed by atoms with Crippen LogP contribution in [0.15, 0.2) is 18.3 Å². The van der Waals surface area contributed by atoms with Crippen molar-refractivity contribution >= 4 is 28.6 Å². The molecule has 0 unspecified atom stereocenters. The zero-order chi connectivity index (χ0) is 21.8. The van der Waals surface area contributed by atoms with Gasteiger partial charge in [-0.3, -0.25) is 4.68 Å². The number of hydrogen-bond acceptors (Lipinski definition) is 8. The van der Waals surface area contributed by atoms with Gasteiger partial charge in [0.05, 0.1) is 18.8 Å². The summed E-state index contributed by atoms with van der Waals surface area (Å²) in [6.45, 7) is 12.8. The molecule has 0 radical (unpaired) electrons. The molecule has 1 aliphatic rings. The van der Waals surface area contributed by atoms with Gasteiger partial charge in [-0.1, -0.05) is 13.0 Å². The Bertz CT molecular complexity index is 1020. The number of aromatic nitrogens is 5. The fourth-order valence-corrected chi connectivity index (χ4v) is 3.85. The second-order valence-corrected chi connectivity index (χ2v) is 7.93. The number of pyridine rings is 1. The molecule has 4 rings (SSSR count). The van der Waals surface area contributed by atoms with Gasteiger partial charge in [-0.05, 0) is 38.8 Å². The van der Waals surface area contributed by atoms with E-state index in [2.05, 4.69) is 27.4 Å². The third kappa shape index (κ3) is 4.77. The number of nitrogens with zero attached hydrogens (tertiary/aromatic N) is 6. The van der Waals surface area contributed by atoms with E-state index in [0.717, 1.165) is 65.9 Å². The molecule has 0 spiro atoms. The first-order valence-corrected chi connectivity index (χ1v) is 11.1. The molecular formula is C22H32N8O. The summed E-state index contributed by atoms with van der Waals surface area (Å²) in [4.78, 5) is 16.7. The van der Waals surface area contributed by atoms with Crippen LogP contribution in [-0.4, -0.2) is 63.6 Å². The highest BCUT2D eigenvalue weighted by Gasteiger charge is 2.24. The maximum Gasteiger partial charge on any atom is 0.228 e. The smallest absolute Gasteiger partial charge is 0.228 e. The topological polar surface area (TPSA) is 93.0 Å². The first kappa shape index (κ1) is 21.5. The van der Waals surface area contributed by atoms with Gasteiger partial charge in [-0.25, -0.2) is 9.97 Å². The Balaban J connectivity index is 1.76. The molecule has 9 heteroatoms. The Labute approximate surface area is 183 Å². The Kier molecular flexibility index (Phi) is 6.62. The SMILES string of the molecule is CCOCCn1nc(C)c2nc(N3CCN[C@H](CC)C3)nc(Nc3ccc(C)cn3)c21. The summed E-state index contributed by atoms with van der Waals surface area (Å²) in [6.07, 6.45) is 2.92. The van der Waals surface area contributed by atoms with E-state index in [1.807, 2.05) is 43.8 Å². The molecule has 9 nitrogen and oxygen atoms in total. The maximum absolute atomic E-state index is 5.56. The fourth-order valence-electron chi connectivity index (χ4n) is 3.85. The molecule has 0 bridgehead atoms. The molecule has 4 heterocycles. The molecule has 3 aromatic heterocycles. The average Bonchev–Trinajstić information content (AvgIpc) is 3.11. The number of hydrogen-bond donors (Lipinski definition) is 2. The summed E-state index contributed by atoms with van der Waals surface area (Å²) in [5.74, 6) is 2.20. The van der Waals surface area contributed by atoms with E-state index in [1.165, 1.54) is 0 Å². The predicted molar refractivity (Wildman–Crippen MR) is 123 cm³/mol. The molecule has 31 heavy (non-hydrogen) atoms. The van der Waals surface area contributed by atoms with Gasteiger partial charge in [-0.15, -0.1) is 0 Å². The van der Waals surface area contributed by atoms with Gasteiger partial charge in [-0.2, -0.15) is 10.1 Å². The van der Waals surface area contributed by atoms with E-state index >= 15 is 0 Å². The molecule has 0 aliphatic carbocycles. The number of nitrogens with one attached hydrogen (secondary N) is 2. The molecule has 1 saturated heterocycles. The van der Waals surface area contributed by atoms with E-state index in [0.29, 0.717) is 25.8 Å². The van der Waals surface area contributed by atoms with Gasteiger partial charge < -0.3 is 20.3 Å². The molecule has 0 aromatic carbocycles. The summed E-state index contributed by atoms with van der Waals surface area (Å²) >= 11 is 0. The van der Waals surface area contributed by atoms with Crippen molar-refractivity contribution in [3.05, 3.63) is 29.6 Å². The summed E-state index contributed by atoms with van der Waals surface area (Å²) in [6, 6.07) is 4.45. The lowest BCUT2D eigenvalue weighted by atomic mass is 10.1. The van der Waals surface area contributed by atoms with E-state index in [1.54, 1.807) is 0 Å². The number of ether oxygens (including phenoxy) is 1. The Hall–Kier alpha value is -2.78. The Morgan fingerprint density at radius 3 is 2.84 bits per heavy atom. The van der Waals surface area contributed by atoms with Crippen LogP contribution in [0.5, 0.6) is 0 Å². The van der Waals surface area contributed by atoms with Crippen molar-refractivity contribution in [1.29, 1.82) is 0 Å². The zero-order valence-corrected chi connectivity index (χ0v) is 18.9. The predicted octanol–water partition coefficient (Wildman–Crippen LogP) is 2.81. The van der Waals surface area contributed by atoms with Gasteiger partial charge in [0.2, 0.25) is 5.95 Å². The molecule has 1 fully saturated rings. The highest BCUT2D eigenvalue weighted by molar-refractivity contribution is 5.90. The lowest BCUT2D eigenvalue weighted by Gasteiger charge is -2.33.